The van der Waals surface area contributed by atoms with Gasteiger partial charge in [-0.3, -0.25) is 14.9 Å². The molecule has 0 bridgehead atoms. The predicted molar refractivity (Wildman–Crippen MR) is 127 cm³/mol. The smallest absolute Gasteiger partial charge is 0.329 e. The average Bonchev–Trinajstić information content (AvgIpc) is 3.37. The predicted octanol–water partition coefficient (Wildman–Crippen LogP) is 3.26. The van der Waals surface area contributed by atoms with Crippen molar-refractivity contribution in [2.24, 2.45) is 0 Å². The van der Waals surface area contributed by atoms with Gasteiger partial charge in [0.25, 0.3) is 11.8 Å². The third kappa shape index (κ3) is 6.61. The van der Waals surface area contributed by atoms with Gasteiger partial charge >= 0.3 is 12.0 Å². The van der Waals surface area contributed by atoms with E-state index in [4.69, 9.17) is 9.15 Å². The van der Waals surface area contributed by atoms with Gasteiger partial charge in [-0.05, 0) is 29.8 Å². The number of carbonyl (C=O) groups is 3. The van der Waals surface area contributed by atoms with Crippen LogP contribution in [0.5, 0.6) is 0 Å². The van der Waals surface area contributed by atoms with Crippen LogP contribution in [0, 0.1) is 0 Å². The summed E-state index contributed by atoms with van der Waals surface area (Å²) < 4.78 is 10.6. The van der Waals surface area contributed by atoms with E-state index in [-0.39, 0.29) is 18.3 Å². The van der Waals surface area contributed by atoms with E-state index in [0.717, 1.165) is 5.56 Å². The Morgan fingerprint density at radius 2 is 1.46 bits per heavy atom. The largest absolute Gasteiger partial charge is 0.454 e. The molecule has 3 aromatic carbocycles. The van der Waals surface area contributed by atoms with Crippen LogP contribution in [0.15, 0.2) is 95.4 Å². The number of amides is 2. The number of ether oxygens (including phenoxy) is 1. The maximum absolute atomic E-state index is 12.8. The molecule has 0 aliphatic heterocycles. The molecule has 2 amide bonds. The van der Waals surface area contributed by atoms with Crippen molar-refractivity contribution in [3.05, 3.63) is 102 Å². The Labute approximate surface area is 201 Å². The van der Waals surface area contributed by atoms with E-state index in [1.807, 2.05) is 48.5 Å². The zero-order valence-electron chi connectivity index (χ0n) is 18.6. The molecule has 1 heterocycles. The standard InChI is InChI=1S/C26H22N4O5/c31-22(28-26-30-29-24(35-26)20-14-8-3-9-15-20)17-34-25(33)21(16-18-10-4-1-5-11-18)27-23(32)19-12-6-2-7-13-19/h1-15,21H,16-17H2,(H,27,32)(H,28,30,31)/t21-/m1/s1. The molecule has 0 saturated heterocycles. The van der Waals surface area contributed by atoms with Crippen LogP contribution in [0.4, 0.5) is 6.01 Å². The first-order valence-corrected chi connectivity index (χ1v) is 10.8. The van der Waals surface area contributed by atoms with Crippen LogP contribution in [0.1, 0.15) is 15.9 Å². The van der Waals surface area contributed by atoms with Gasteiger partial charge in [0.1, 0.15) is 6.04 Å². The average molecular weight is 470 g/mol. The lowest BCUT2D eigenvalue weighted by Crippen LogP contribution is -2.44. The summed E-state index contributed by atoms with van der Waals surface area (Å²) in [6.45, 7) is -0.589. The molecule has 4 rings (SSSR count). The fraction of sp³-hybridized carbons (Fsp3) is 0.115. The maximum atomic E-state index is 12.8. The van der Waals surface area contributed by atoms with E-state index in [2.05, 4.69) is 20.8 Å². The Hall–Kier alpha value is -4.79. The van der Waals surface area contributed by atoms with Crippen molar-refractivity contribution in [1.82, 2.24) is 15.5 Å². The van der Waals surface area contributed by atoms with Gasteiger partial charge in [0.15, 0.2) is 6.61 Å². The monoisotopic (exact) mass is 470 g/mol. The molecular weight excluding hydrogens is 448 g/mol. The van der Waals surface area contributed by atoms with Crippen LogP contribution in [0.2, 0.25) is 0 Å². The summed E-state index contributed by atoms with van der Waals surface area (Å²) in [5, 5.41) is 12.8. The second kappa shape index (κ2) is 11.4. The van der Waals surface area contributed by atoms with Crippen molar-refractivity contribution in [1.29, 1.82) is 0 Å². The van der Waals surface area contributed by atoms with Gasteiger partial charge < -0.3 is 14.5 Å². The number of anilines is 1. The van der Waals surface area contributed by atoms with E-state index in [0.29, 0.717) is 11.1 Å². The van der Waals surface area contributed by atoms with Gasteiger partial charge in [-0.15, -0.1) is 5.10 Å². The Kier molecular flexibility index (Phi) is 7.59. The first kappa shape index (κ1) is 23.4. The second-order valence-corrected chi connectivity index (χ2v) is 7.52. The fourth-order valence-corrected chi connectivity index (χ4v) is 3.24. The number of hydrogen-bond donors (Lipinski definition) is 2. The molecule has 1 atom stereocenters. The third-order valence-electron chi connectivity index (χ3n) is 4.95. The Morgan fingerprint density at radius 3 is 2.14 bits per heavy atom. The summed E-state index contributed by atoms with van der Waals surface area (Å²) >= 11 is 0. The van der Waals surface area contributed by atoms with E-state index >= 15 is 0 Å². The number of carbonyl (C=O) groups excluding carboxylic acids is 3. The molecule has 0 unspecified atom stereocenters. The van der Waals surface area contributed by atoms with Crippen molar-refractivity contribution in [3.63, 3.8) is 0 Å². The van der Waals surface area contributed by atoms with E-state index in [1.165, 1.54) is 0 Å². The number of rotatable bonds is 9. The molecule has 0 fully saturated rings. The normalized spacial score (nSPS) is 11.3. The number of esters is 1. The number of hydrogen-bond acceptors (Lipinski definition) is 7. The van der Waals surface area contributed by atoms with Gasteiger partial charge in [-0.2, -0.15) is 0 Å². The molecule has 9 nitrogen and oxygen atoms in total. The van der Waals surface area contributed by atoms with Crippen molar-refractivity contribution in [2.45, 2.75) is 12.5 Å². The van der Waals surface area contributed by atoms with Crippen molar-refractivity contribution in [3.8, 4) is 11.5 Å². The van der Waals surface area contributed by atoms with Gasteiger partial charge in [-0.25, -0.2) is 4.79 Å². The zero-order chi connectivity index (χ0) is 24.5. The highest BCUT2D eigenvalue weighted by Gasteiger charge is 2.24. The molecule has 0 spiro atoms. The van der Waals surface area contributed by atoms with Crippen LogP contribution < -0.4 is 10.6 Å². The highest BCUT2D eigenvalue weighted by Crippen LogP contribution is 2.19. The van der Waals surface area contributed by atoms with Crippen molar-refractivity contribution in [2.75, 3.05) is 11.9 Å². The third-order valence-corrected chi connectivity index (χ3v) is 4.95. The maximum Gasteiger partial charge on any atom is 0.329 e. The van der Waals surface area contributed by atoms with Crippen molar-refractivity contribution < 1.29 is 23.5 Å². The zero-order valence-corrected chi connectivity index (χ0v) is 18.6. The summed E-state index contributed by atoms with van der Waals surface area (Å²) in [6, 6.07) is 25.7. The molecule has 0 aliphatic carbocycles. The lowest BCUT2D eigenvalue weighted by atomic mass is 10.1. The topological polar surface area (TPSA) is 123 Å². The highest BCUT2D eigenvalue weighted by molar-refractivity contribution is 5.97. The molecule has 1 aromatic heterocycles. The molecule has 9 heteroatoms. The van der Waals surface area contributed by atoms with Crippen LogP contribution in [0.3, 0.4) is 0 Å². The number of aromatic nitrogens is 2. The number of nitrogens with one attached hydrogen (secondary N) is 2. The highest BCUT2D eigenvalue weighted by atomic mass is 16.5. The Morgan fingerprint density at radius 1 is 0.829 bits per heavy atom. The first-order chi connectivity index (χ1) is 17.1. The fourth-order valence-electron chi connectivity index (χ4n) is 3.24. The minimum atomic E-state index is -0.994. The molecule has 4 aromatic rings. The number of nitrogens with zero attached hydrogens (tertiary/aromatic N) is 2. The molecule has 2 N–H and O–H groups in total. The van der Waals surface area contributed by atoms with E-state index in [1.54, 1.807) is 42.5 Å². The quantitative estimate of drug-likeness (QED) is 0.360. The minimum Gasteiger partial charge on any atom is -0.454 e. The number of benzene rings is 3. The molecule has 0 radical (unpaired) electrons. The van der Waals surface area contributed by atoms with Crippen LogP contribution in [-0.4, -0.2) is 40.6 Å². The Balaban J connectivity index is 1.36. The summed E-state index contributed by atoms with van der Waals surface area (Å²) in [6.07, 6.45) is 0.198. The van der Waals surface area contributed by atoms with Gasteiger partial charge in [0.05, 0.1) is 0 Å². The van der Waals surface area contributed by atoms with Crippen LogP contribution in [-0.2, 0) is 20.7 Å². The Bertz CT molecular complexity index is 1280. The summed E-state index contributed by atoms with van der Waals surface area (Å²) in [4.78, 5) is 37.7. The van der Waals surface area contributed by atoms with Crippen LogP contribution >= 0.6 is 0 Å². The lowest BCUT2D eigenvalue weighted by molar-refractivity contribution is -0.149. The molecular formula is C26H22N4O5. The van der Waals surface area contributed by atoms with Gasteiger partial charge in [-0.1, -0.05) is 71.8 Å². The van der Waals surface area contributed by atoms with Crippen LogP contribution in [0.25, 0.3) is 11.5 Å². The summed E-state index contributed by atoms with van der Waals surface area (Å²) in [5.41, 5.74) is 1.93. The second-order valence-electron chi connectivity index (χ2n) is 7.52. The van der Waals surface area contributed by atoms with E-state index < -0.39 is 30.4 Å². The summed E-state index contributed by atoms with van der Waals surface area (Å²) in [5.74, 6) is -1.59. The first-order valence-electron chi connectivity index (χ1n) is 10.8. The lowest BCUT2D eigenvalue weighted by Gasteiger charge is -2.18. The SMILES string of the molecule is O=C(COC(=O)[C@@H](Cc1ccccc1)NC(=O)c1ccccc1)Nc1nnc(-c2ccccc2)o1. The van der Waals surface area contributed by atoms with Crippen molar-refractivity contribution >= 4 is 23.8 Å². The summed E-state index contributed by atoms with van der Waals surface area (Å²) in [7, 11) is 0. The molecule has 35 heavy (non-hydrogen) atoms. The van der Waals surface area contributed by atoms with Gasteiger partial charge in [0.2, 0.25) is 5.89 Å². The molecule has 0 aliphatic rings. The minimum absolute atomic E-state index is 0.122. The molecule has 176 valence electrons. The molecule has 0 saturated carbocycles. The van der Waals surface area contributed by atoms with E-state index in [9.17, 15) is 14.4 Å². The van der Waals surface area contributed by atoms with Gasteiger partial charge in [0, 0.05) is 17.5 Å².